The zero-order chi connectivity index (χ0) is 14.3. The Kier molecular flexibility index (Phi) is 6.80. The topological polar surface area (TPSA) is 49.3 Å². The predicted octanol–water partition coefficient (Wildman–Crippen LogP) is 2.90. The van der Waals surface area contributed by atoms with E-state index in [1.54, 1.807) is 0 Å². The number of rotatable bonds is 8. The number of halogens is 2. The molecule has 2 N–H and O–H groups in total. The molecule has 0 spiro atoms. The molecular weight excluding hydrogens is 272 g/mol. The zero-order valence-corrected chi connectivity index (χ0v) is 11.5. The summed E-state index contributed by atoms with van der Waals surface area (Å²) in [5.74, 6) is -1.50. The van der Waals surface area contributed by atoms with Crippen molar-refractivity contribution in [1.82, 2.24) is 5.32 Å². The molecule has 19 heavy (non-hydrogen) atoms. The molecule has 0 aliphatic carbocycles. The van der Waals surface area contributed by atoms with Crippen LogP contribution in [0.4, 0.5) is 8.78 Å². The average molecular weight is 289 g/mol. The largest absolute Gasteiger partial charge is 0.480 e. The minimum absolute atomic E-state index is 0.208. The number of hydrogen-bond donors (Lipinski definition) is 2. The van der Waals surface area contributed by atoms with Gasteiger partial charge in [-0.1, -0.05) is 6.92 Å². The number of benzene rings is 1. The number of hydrogen-bond acceptors (Lipinski definition) is 3. The van der Waals surface area contributed by atoms with Gasteiger partial charge in [0.05, 0.1) is 0 Å². The highest BCUT2D eigenvalue weighted by molar-refractivity contribution is 7.99. The van der Waals surface area contributed by atoms with Crippen LogP contribution < -0.4 is 5.32 Å². The molecule has 0 amide bonds. The maximum atomic E-state index is 13.3. The molecule has 0 saturated heterocycles. The normalized spacial score (nSPS) is 12.4. The van der Waals surface area contributed by atoms with E-state index in [0.717, 1.165) is 36.4 Å². The fraction of sp³-hybridized carbons (Fsp3) is 0.462. The third kappa shape index (κ3) is 5.57. The van der Waals surface area contributed by atoms with Crippen LogP contribution >= 0.6 is 11.8 Å². The molecule has 0 radical (unpaired) electrons. The van der Waals surface area contributed by atoms with Crippen LogP contribution in [-0.4, -0.2) is 29.4 Å². The number of carbonyl (C=O) groups is 1. The van der Waals surface area contributed by atoms with Crippen molar-refractivity contribution in [3.63, 3.8) is 0 Å². The van der Waals surface area contributed by atoms with E-state index in [0.29, 0.717) is 18.7 Å². The van der Waals surface area contributed by atoms with Gasteiger partial charge in [0.25, 0.3) is 0 Å². The molecule has 0 saturated carbocycles. The van der Waals surface area contributed by atoms with E-state index in [1.807, 2.05) is 6.92 Å². The molecule has 0 aliphatic rings. The molecule has 1 aromatic rings. The van der Waals surface area contributed by atoms with E-state index in [1.165, 1.54) is 0 Å². The zero-order valence-electron chi connectivity index (χ0n) is 10.7. The summed E-state index contributed by atoms with van der Waals surface area (Å²) in [6, 6.07) is 2.60. The van der Waals surface area contributed by atoms with Crippen LogP contribution in [0.2, 0.25) is 0 Å². The lowest BCUT2D eigenvalue weighted by Crippen LogP contribution is -2.37. The third-order valence-electron chi connectivity index (χ3n) is 2.50. The van der Waals surface area contributed by atoms with Gasteiger partial charge in [0, 0.05) is 10.6 Å². The van der Waals surface area contributed by atoms with Gasteiger partial charge in [-0.2, -0.15) is 0 Å². The van der Waals surface area contributed by atoms with E-state index < -0.39 is 23.6 Å². The lowest BCUT2D eigenvalue weighted by molar-refractivity contribution is -0.139. The van der Waals surface area contributed by atoms with Crippen molar-refractivity contribution in [2.24, 2.45) is 0 Å². The van der Waals surface area contributed by atoms with Crippen molar-refractivity contribution < 1.29 is 18.7 Å². The van der Waals surface area contributed by atoms with E-state index >= 15 is 0 Å². The maximum absolute atomic E-state index is 13.3. The van der Waals surface area contributed by atoms with E-state index in [9.17, 15) is 13.6 Å². The third-order valence-corrected chi connectivity index (χ3v) is 3.56. The monoisotopic (exact) mass is 289 g/mol. The quantitative estimate of drug-likeness (QED) is 0.723. The molecule has 106 valence electrons. The summed E-state index contributed by atoms with van der Waals surface area (Å²) < 4.78 is 26.3. The van der Waals surface area contributed by atoms with E-state index in [4.69, 9.17) is 5.11 Å². The van der Waals surface area contributed by atoms with Crippen molar-refractivity contribution in [3.05, 3.63) is 29.8 Å². The Morgan fingerprint density at radius 3 is 2.84 bits per heavy atom. The fourth-order valence-corrected chi connectivity index (χ4v) is 2.48. The molecule has 0 fully saturated rings. The lowest BCUT2D eigenvalue weighted by atomic mass is 10.2. The minimum atomic E-state index is -0.922. The summed E-state index contributed by atoms with van der Waals surface area (Å²) in [5, 5.41) is 11.9. The van der Waals surface area contributed by atoms with Gasteiger partial charge >= 0.3 is 5.97 Å². The van der Waals surface area contributed by atoms with E-state index in [2.05, 4.69) is 5.32 Å². The molecule has 0 aliphatic heterocycles. The van der Waals surface area contributed by atoms with Gasteiger partial charge in [-0.25, -0.2) is 8.78 Å². The average Bonchev–Trinajstić information content (AvgIpc) is 2.37. The highest BCUT2D eigenvalue weighted by Gasteiger charge is 2.16. The summed E-state index contributed by atoms with van der Waals surface area (Å²) in [5.41, 5.74) is 0. The smallest absolute Gasteiger partial charge is 0.320 e. The summed E-state index contributed by atoms with van der Waals surface area (Å²) in [4.78, 5) is 11.2. The second-order valence-corrected chi connectivity index (χ2v) is 5.19. The first-order chi connectivity index (χ1) is 9.04. The van der Waals surface area contributed by atoms with Crippen LogP contribution in [-0.2, 0) is 4.79 Å². The van der Waals surface area contributed by atoms with Gasteiger partial charge in [0.15, 0.2) is 0 Å². The van der Waals surface area contributed by atoms with Gasteiger partial charge in [-0.15, -0.1) is 11.8 Å². The molecule has 1 unspecified atom stereocenters. The van der Waals surface area contributed by atoms with Crippen LogP contribution in [0, 0.1) is 11.6 Å². The van der Waals surface area contributed by atoms with Crippen molar-refractivity contribution in [3.8, 4) is 0 Å². The Labute approximate surface area is 115 Å². The second-order valence-electron chi connectivity index (χ2n) is 4.06. The number of carboxylic acid groups (broad SMARTS) is 1. The Morgan fingerprint density at radius 1 is 1.47 bits per heavy atom. The highest BCUT2D eigenvalue weighted by Crippen LogP contribution is 2.23. The molecular formula is C13H17F2NO2S. The SMILES string of the molecule is CCCNC(CCSc1cc(F)ccc1F)C(=O)O. The number of thioether (sulfide) groups is 1. The molecule has 1 rings (SSSR count). The summed E-state index contributed by atoms with van der Waals surface area (Å²) in [7, 11) is 0. The predicted molar refractivity (Wildman–Crippen MR) is 71.4 cm³/mol. The molecule has 0 aromatic heterocycles. The number of nitrogens with one attached hydrogen (secondary N) is 1. The summed E-state index contributed by atoms with van der Waals surface area (Å²) in [6.07, 6.45) is 1.20. The van der Waals surface area contributed by atoms with Gasteiger partial charge in [-0.05, 0) is 37.6 Å². The molecule has 3 nitrogen and oxygen atoms in total. The Morgan fingerprint density at radius 2 is 2.21 bits per heavy atom. The highest BCUT2D eigenvalue weighted by atomic mass is 32.2. The first kappa shape index (κ1) is 15.9. The fourth-order valence-electron chi connectivity index (χ4n) is 1.51. The number of aliphatic carboxylic acids is 1. The molecule has 0 bridgehead atoms. The Hall–Kier alpha value is -1.14. The molecule has 1 aromatic carbocycles. The standard InChI is InChI=1S/C13H17F2NO2S/c1-2-6-16-11(13(17)18)5-7-19-12-8-9(14)3-4-10(12)15/h3-4,8,11,16H,2,5-7H2,1H3,(H,17,18). The molecule has 1 atom stereocenters. The van der Waals surface area contributed by atoms with Crippen LogP contribution in [0.3, 0.4) is 0 Å². The molecule has 0 heterocycles. The van der Waals surface area contributed by atoms with Crippen molar-refractivity contribution in [2.45, 2.75) is 30.7 Å². The maximum Gasteiger partial charge on any atom is 0.320 e. The van der Waals surface area contributed by atoms with E-state index in [-0.39, 0.29) is 4.90 Å². The Balaban J connectivity index is 2.47. The van der Waals surface area contributed by atoms with Gasteiger partial charge in [-0.3, -0.25) is 4.79 Å². The summed E-state index contributed by atoms with van der Waals surface area (Å²) in [6.45, 7) is 2.57. The second kappa shape index (κ2) is 8.12. The van der Waals surface area contributed by atoms with Crippen molar-refractivity contribution >= 4 is 17.7 Å². The molecule has 6 heteroatoms. The first-order valence-electron chi connectivity index (χ1n) is 6.08. The van der Waals surface area contributed by atoms with Gasteiger partial charge in [0.2, 0.25) is 0 Å². The van der Waals surface area contributed by atoms with Gasteiger partial charge in [0.1, 0.15) is 17.7 Å². The van der Waals surface area contributed by atoms with Crippen LogP contribution in [0.5, 0.6) is 0 Å². The summed E-state index contributed by atoms with van der Waals surface area (Å²) >= 11 is 1.12. The number of carboxylic acids is 1. The lowest BCUT2D eigenvalue weighted by Gasteiger charge is -2.13. The van der Waals surface area contributed by atoms with Crippen LogP contribution in [0.25, 0.3) is 0 Å². The first-order valence-corrected chi connectivity index (χ1v) is 7.07. The van der Waals surface area contributed by atoms with Crippen LogP contribution in [0.1, 0.15) is 19.8 Å². The Bertz CT molecular complexity index is 429. The van der Waals surface area contributed by atoms with Gasteiger partial charge < -0.3 is 10.4 Å². The van der Waals surface area contributed by atoms with Crippen molar-refractivity contribution in [2.75, 3.05) is 12.3 Å². The minimum Gasteiger partial charge on any atom is -0.480 e. The van der Waals surface area contributed by atoms with Crippen LogP contribution in [0.15, 0.2) is 23.1 Å². The van der Waals surface area contributed by atoms with Crippen molar-refractivity contribution in [1.29, 1.82) is 0 Å².